The van der Waals surface area contributed by atoms with Crippen molar-refractivity contribution in [2.24, 2.45) is 7.05 Å². The van der Waals surface area contributed by atoms with Crippen molar-refractivity contribution in [3.8, 4) is 11.4 Å². The van der Waals surface area contributed by atoms with Crippen LogP contribution in [-0.2, 0) is 11.8 Å². The SMILES string of the molecule is Cn1c(SCC(=O)Nc2cc(Cl)ccc2F)nnc1-c1ccccc1Cl. The molecule has 2 aromatic carbocycles. The van der Waals surface area contributed by atoms with Gasteiger partial charge in [0.05, 0.1) is 16.5 Å². The van der Waals surface area contributed by atoms with Gasteiger partial charge in [-0.25, -0.2) is 4.39 Å². The van der Waals surface area contributed by atoms with Crippen molar-refractivity contribution in [1.29, 1.82) is 0 Å². The molecule has 1 amide bonds. The van der Waals surface area contributed by atoms with Gasteiger partial charge in [-0.2, -0.15) is 0 Å². The molecule has 3 aromatic rings. The average molecular weight is 411 g/mol. The van der Waals surface area contributed by atoms with Crippen molar-refractivity contribution < 1.29 is 9.18 Å². The van der Waals surface area contributed by atoms with Crippen LogP contribution in [0.1, 0.15) is 0 Å². The number of amides is 1. The van der Waals surface area contributed by atoms with Crippen molar-refractivity contribution in [3.63, 3.8) is 0 Å². The highest BCUT2D eigenvalue weighted by Crippen LogP contribution is 2.28. The number of thioether (sulfide) groups is 1. The monoisotopic (exact) mass is 410 g/mol. The Kier molecular flexibility index (Phi) is 5.80. The van der Waals surface area contributed by atoms with Gasteiger partial charge in [0, 0.05) is 17.6 Å². The molecule has 0 spiro atoms. The first-order valence-electron chi connectivity index (χ1n) is 7.47. The van der Waals surface area contributed by atoms with E-state index in [9.17, 15) is 9.18 Å². The third kappa shape index (κ3) is 4.17. The minimum atomic E-state index is -0.549. The molecular formula is C17H13Cl2FN4OS. The maximum atomic E-state index is 13.7. The summed E-state index contributed by atoms with van der Waals surface area (Å²) < 4.78 is 15.4. The number of aromatic nitrogens is 3. The van der Waals surface area contributed by atoms with Gasteiger partial charge in [-0.1, -0.05) is 47.1 Å². The molecule has 0 aliphatic rings. The number of rotatable bonds is 5. The minimum Gasteiger partial charge on any atom is -0.323 e. The number of hydrogen-bond acceptors (Lipinski definition) is 4. The Hall–Kier alpha value is -2.09. The van der Waals surface area contributed by atoms with Crippen molar-refractivity contribution in [2.75, 3.05) is 11.1 Å². The van der Waals surface area contributed by atoms with Gasteiger partial charge in [-0.05, 0) is 30.3 Å². The van der Waals surface area contributed by atoms with Crippen LogP contribution < -0.4 is 5.32 Å². The standard InChI is InChI=1S/C17H13Cl2FN4OS/c1-24-16(11-4-2-3-5-12(11)19)22-23-17(24)26-9-15(25)21-14-8-10(18)6-7-13(14)20/h2-8H,9H2,1H3,(H,21,25). The molecule has 3 rings (SSSR count). The van der Waals surface area contributed by atoms with Crippen LogP contribution in [0.3, 0.4) is 0 Å². The molecule has 0 fully saturated rings. The maximum Gasteiger partial charge on any atom is 0.234 e. The normalized spacial score (nSPS) is 10.8. The molecule has 1 aromatic heterocycles. The zero-order valence-electron chi connectivity index (χ0n) is 13.5. The maximum absolute atomic E-state index is 13.7. The first-order valence-corrected chi connectivity index (χ1v) is 9.22. The molecule has 0 unspecified atom stereocenters. The van der Waals surface area contributed by atoms with Crippen molar-refractivity contribution in [3.05, 3.63) is 58.3 Å². The molecule has 1 N–H and O–H groups in total. The molecule has 0 aliphatic heterocycles. The smallest absolute Gasteiger partial charge is 0.234 e. The summed E-state index contributed by atoms with van der Waals surface area (Å²) in [6.07, 6.45) is 0. The molecular weight excluding hydrogens is 398 g/mol. The van der Waals surface area contributed by atoms with E-state index in [2.05, 4.69) is 15.5 Å². The van der Waals surface area contributed by atoms with Crippen LogP contribution >= 0.6 is 35.0 Å². The zero-order chi connectivity index (χ0) is 18.7. The number of hydrogen-bond donors (Lipinski definition) is 1. The number of halogens is 3. The Morgan fingerprint density at radius 1 is 1.23 bits per heavy atom. The molecule has 134 valence electrons. The van der Waals surface area contributed by atoms with Gasteiger partial charge >= 0.3 is 0 Å². The molecule has 0 saturated heterocycles. The quantitative estimate of drug-likeness (QED) is 0.621. The fraction of sp³-hybridized carbons (Fsp3) is 0.118. The van der Waals surface area contributed by atoms with Gasteiger partial charge in [0.1, 0.15) is 5.82 Å². The Labute approximate surface area is 163 Å². The lowest BCUT2D eigenvalue weighted by molar-refractivity contribution is -0.113. The Morgan fingerprint density at radius 3 is 2.77 bits per heavy atom. The fourth-order valence-corrected chi connectivity index (χ4v) is 3.33. The van der Waals surface area contributed by atoms with Crippen molar-refractivity contribution in [2.45, 2.75) is 5.16 Å². The van der Waals surface area contributed by atoms with E-state index >= 15 is 0 Å². The summed E-state index contributed by atoms with van der Waals surface area (Å²) in [4.78, 5) is 12.1. The lowest BCUT2D eigenvalue weighted by Crippen LogP contribution is -2.15. The number of anilines is 1. The summed E-state index contributed by atoms with van der Waals surface area (Å²) in [6, 6.07) is 11.3. The Morgan fingerprint density at radius 2 is 2.00 bits per heavy atom. The summed E-state index contributed by atoms with van der Waals surface area (Å²) in [7, 11) is 1.79. The predicted molar refractivity (Wildman–Crippen MR) is 102 cm³/mol. The van der Waals surface area contributed by atoms with E-state index in [4.69, 9.17) is 23.2 Å². The molecule has 0 saturated carbocycles. The fourth-order valence-electron chi connectivity index (χ4n) is 2.23. The summed E-state index contributed by atoms with van der Waals surface area (Å²) in [5, 5.41) is 12.2. The highest BCUT2D eigenvalue weighted by molar-refractivity contribution is 7.99. The van der Waals surface area contributed by atoms with Crippen LogP contribution in [0.4, 0.5) is 10.1 Å². The molecule has 1 heterocycles. The van der Waals surface area contributed by atoms with E-state index in [0.717, 1.165) is 5.56 Å². The highest BCUT2D eigenvalue weighted by Gasteiger charge is 2.15. The number of carbonyl (C=O) groups is 1. The van der Waals surface area contributed by atoms with E-state index in [0.29, 0.717) is 21.0 Å². The van der Waals surface area contributed by atoms with Gasteiger partial charge in [0.15, 0.2) is 11.0 Å². The average Bonchev–Trinajstić information content (AvgIpc) is 2.97. The summed E-state index contributed by atoms with van der Waals surface area (Å²) in [5.74, 6) is -0.286. The highest BCUT2D eigenvalue weighted by atomic mass is 35.5. The number of nitrogens with one attached hydrogen (secondary N) is 1. The van der Waals surface area contributed by atoms with E-state index in [1.807, 2.05) is 18.2 Å². The minimum absolute atomic E-state index is 0.0396. The van der Waals surface area contributed by atoms with E-state index in [1.165, 1.54) is 30.0 Å². The molecule has 0 bridgehead atoms. The first kappa shape index (κ1) is 18.7. The number of nitrogens with zero attached hydrogens (tertiary/aromatic N) is 3. The second kappa shape index (κ2) is 8.07. The van der Waals surface area contributed by atoms with E-state index < -0.39 is 5.82 Å². The Balaban J connectivity index is 1.68. The number of carbonyl (C=O) groups excluding carboxylic acids is 1. The lowest BCUT2D eigenvalue weighted by atomic mass is 10.2. The molecule has 0 aliphatic carbocycles. The van der Waals surface area contributed by atoms with Gasteiger partial charge in [0.25, 0.3) is 0 Å². The predicted octanol–water partition coefficient (Wildman–Crippen LogP) is 4.66. The molecule has 26 heavy (non-hydrogen) atoms. The largest absolute Gasteiger partial charge is 0.323 e. The summed E-state index contributed by atoms with van der Waals surface area (Å²) >= 11 is 13.2. The molecule has 0 radical (unpaired) electrons. The molecule has 5 nitrogen and oxygen atoms in total. The Bertz CT molecular complexity index is 964. The first-order chi connectivity index (χ1) is 12.5. The van der Waals surface area contributed by atoms with E-state index in [1.54, 1.807) is 17.7 Å². The second-order valence-electron chi connectivity index (χ2n) is 5.31. The van der Waals surface area contributed by atoms with Gasteiger partial charge < -0.3 is 9.88 Å². The molecule has 9 heteroatoms. The van der Waals surface area contributed by atoms with Gasteiger partial charge in [-0.3, -0.25) is 4.79 Å². The van der Waals surface area contributed by atoms with Crippen LogP contribution in [0.5, 0.6) is 0 Å². The molecule has 0 atom stereocenters. The second-order valence-corrected chi connectivity index (χ2v) is 7.09. The zero-order valence-corrected chi connectivity index (χ0v) is 15.9. The van der Waals surface area contributed by atoms with Crippen molar-refractivity contribution in [1.82, 2.24) is 14.8 Å². The van der Waals surface area contributed by atoms with Crippen molar-refractivity contribution >= 4 is 46.6 Å². The lowest BCUT2D eigenvalue weighted by Gasteiger charge is -2.07. The van der Waals surface area contributed by atoms with E-state index in [-0.39, 0.29) is 17.3 Å². The van der Waals surface area contributed by atoms with Gasteiger partial charge in [0.2, 0.25) is 5.91 Å². The van der Waals surface area contributed by atoms with Crippen LogP contribution in [0.15, 0.2) is 47.6 Å². The number of benzene rings is 2. The van der Waals surface area contributed by atoms with Crippen LogP contribution in [0.2, 0.25) is 10.0 Å². The van der Waals surface area contributed by atoms with Crippen LogP contribution in [0, 0.1) is 5.82 Å². The van der Waals surface area contributed by atoms with Gasteiger partial charge in [-0.15, -0.1) is 10.2 Å². The third-order valence-corrected chi connectivity index (χ3v) is 5.07. The van der Waals surface area contributed by atoms with Crippen LogP contribution in [-0.4, -0.2) is 26.4 Å². The third-order valence-electron chi connectivity index (χ3n) is 3.48. The summed E-state index contributed by atoms with van der Waals surface area (Å²) in [6.45, 7) is 0. The topological polar surface area (TPSA) is 59.8 Å². The van der Waals surface area contributed by atoms with Crippen LogP contribution in [0.25, 0.3) is 11.4 Å². The summed E-state index contributed by atoms with van der Waals surface area (Å²) in [5.41, 5.74) is 0.791.